The van der Waals surface area contributed by atoms with Crippen LogP contribution >= 0.6 is 11.8 Å². The molecule has 96 valence electrons. The third kappa shape index (κ3) is 2.44. The van der Waals surface area contributed by atoms with Crippen molar-refractivity contribution in [3.05, 3.63) is 35.7 Å². The zero-order valence-corrected chi connectivity index (χ0v) is 11.9. The molecular weight excluding hydrogens is 242 g/mol. The zero-order valence-electron chi connectivity index (χ0n) is 11.1. The van der Waals surface area contributed by atoms with Gasteiger partial charge in [0.2, 0.25) is 0 Å². The molecular formula is C14H19N3S. The summed E-state index contributed by atoms with van der Waals surface area (Å²) in [4.78, 5) is 1.28. The molecule has 2 aromatic rings. The van der Waals surface area contributed by atoms with Crippen LogP contribution < -0.4 is 5.73 Å². The van der Waals surface area contributed by atoms with Crippen LogP contribution in [0.2, 0.25) is 0 Å². The molecule has 1 aromatic heterocycles. The summed E-state index contributed by atoms with van der Waals surface area (Å²) in [6.45, 7) is 2.73. The molecule has 0 radical (unpaired) electrons. The SMILES string of the molecule is CSc1ccc(-c2c(CCN)nn(C)c2C)cc1. The number of hydrogen-bond donors (Lipinski definition) is 1. The Labute approximate surface area is 112 Å². The van der Waals surface area contributed by atoms with E-state index in [-0.39, 0.29) is 0 Å². The molecule has 0 fully saturated rings. The fraction of sp³-hybridized carbons (Fsp3) is 0.357. The lowest BCUT2D eigenvalue weighted by Gasteiger charge is -2.05. The molecule has 0 bridgehead atoms. The largest absolute Gasteiger partial charge is 0.330 e. The van der Waals surface area contributed by atoms with Crippen LogP contribution in [0.15, 0.2) is 29.2 Å². The minimum Gasteiger partial charge on any atom is -0.330 e. The number of hydrogen-bond acceptors (Lipinski definition) is 3. The van der Waals surface area contributed by atoms with Crippen molar-refractivity contribution in [2.24, 2.45) is 12.8 Å². The molecule has 3 nitrogen and oxygen atoms in total. The maximum Gasteiger partial charge on any atom is 0.0718 e. The average Bonchev–Trinajstić information content (AvgIpc) is 2.66. The van der Waals surface area contributed by atoms with E-state index in [1.807, 2.05) is 11.7 Å². The number of nitrogens with two attached hydrogens (primary N) is 1. The Hall–Kier alpha value is -1.26. The van der Waals surface area contributed by atoms with E-state index < -0.39 is 0 Å². The molecule has 0 aliphatic carbocycles. The normalized spacial score (nSPS) is 10.9. The van der Waals surface area contributed by atoms with Gasteiger partial charge in [0.05, 0.1) is 5.69 Å². The van der Waals surface area contributed by atoms with Crippen LogP contribution in [0.5, 0.6) is 0 Å². The molecule has 0 aliphatic heterocycles. The molecule has 2 rings (SSSR count). The molecule has 18 heavy (non-hydrogen) atoms. The Balaban J connectivity index is 2.47. The Bertz CT molecular complexity index is 529. The smallest absolute Gasteiger partial charge is 0.0718 e. The van der Waals surface area contributed by atoms with Gasteiger partial charge in [-0.1, -0.05) is 12.1 Å². The van der Waals surface area contributed by atoms with Crippen molar-refractivity contribution in [3.63, 3.8) is 0 Å². The number of benzene rings is 1. The Morgan fingerprint density at radius 2 is 1.94 bits per heavy atom. The molecule has 1 aromatic carbocycles. The molecule has 0 unspecified atom stereocenters. The van der Waals surface area contributed by atoms with E-state index in [2.05, 4.69) is 42.5 Å². The minimum absolute atomic E-state index is 0.631. The first kappa shape index (κ1) is 13.2. The Morgan fingerprint density at radius 3 is 2.50 bits per heavy atom. The van der Waals surface area contributed by atoms with Crippen LogP contribution in [0.25, 0.3) is 11.1 Å². The quantitative estimate of drug-likeness (QED) is 0.860. The molecule has 0 saturated carbocycles. The first-order chi connectivity index (χ1) is 8.67. The fourth-order valence-electron chi connectivity index (χ4n) is 2.12. The third-order valence-corrected chi connectivity index (χ3v) is 3.91. The van der Waals surface area contributed by atoms with Gasteiger partial charge in [-0.15, -0.1) is 11.8 Å². The summed E-state index contributed by atoms with van der Waals surface area (Å²) in [5, 5.41) is 4.55. The van der Waals surface area contributed by atoms with Gasteiger partial charge in [0.1, 0.15) is 0 Å². The number of aryl methyl sites for hydroxylation is 1. The number of thioether (sulfide) groups is 1. The van der Waals surface area contributed by atoms with Crippen LogP contribution in [-0.2, 0) is 13.5 Å². The monoisotopic (exact) mass is 261 g/mol. The van der Waals surface area contributed by atoms with Crippen LogP contribution in [-0.4, -0.2) is 22.6 Å². The zero-order chi connectivity index (χ0) is 13.1. The summed E-state index contributed by atoms with van der Waals surface area (Å²) in [5.41, 5.74) is 10.4. The second kappa shape index (κ2) is 5.59. The van der Waals surface area contributed by atoms with E-state index in [9.17, 15) is 0 Å². The van der Waals surface area contributed by atoms with E-state index in [0.717, 1.165) is 12.1 Å². The molecule has 0 saturated heterocycles. The maximum atomic E-state index is 5.66. The number of nitrogens with zero attached hydrogens (tertiary/aromatic N) is 2. The van der Waals surface area contributed by atoms with Gasteiger partial charge in [0.15, 0.2) is 0 Å². The van der Waals surface area contributed by atoms with Crippen molar-refractivity contribution in [1.29, 1.82) is 0 Å². The van der Waals surface area contributed by atoms with Gasteiger partial charge in [-0.25, -0.2) is 0 Å². The molecule has 2 N–H and O–H groups in total. The van der Waals surface area contributed by atoms with Gasteiger partial charge in [0.25, 0.3) is 0 Å². The Kier molecular flexibility index (Phi) is 4.09. The lowest BCUT2D eigenvalue weighted by Crippen LogP contribution is -2.04. The summed E-state index contributed by atoms with van der Waals surface area (Å²) >= 11 is 1.76. The van der Waals surface area contributed by atoms with E-state index >= 15 is 0 Å². The van der Waals surface area contributed by atoms with E-state index in [1.54, 1.807) is 11.8 Å². The summed E-state index contributed by atoms with van der Waals surface area (Å²) in [7, 11) is 1.98. The standard InChI is InChI=1S/C14H19N3S/c1-10-14(13(8-9-15)16-17(10)2)11-4-6-12(18-3)7-5-11/h4-7H,8-9,15H2,1-3H3. The highest BCUT2D eigenvalue weighted by Gasteiger charge is 2.13. The van der Waals surface area contributed by atoms with Gasteiger partial charge in [-0.3, -0.25) is 4.68 Å². The second-order valence-corrected chi connectivity index (χ2v) is 5.18. The molecule has 0 aliphatic rings. The van der Waals surface area contributed by atoms with Crippen molar-refractivity contribution in [3.8, 4) is 11.1 Å². The predicted molar refractivity (Wildman–Crippen MR) is 77.9 cm³/mol. The topological polar surface area (TPSA) is 43.8 Å². The summed E-state index contributed by atoms with van der Waals surface area (Å²) in [5.74, 6) is 0. The van der Waals surface area contributed by atoms with Crippen molar-refractivity contribution >= 4 is 11.8 Å². The van der Waals surface area contributed by atoms with Crippen LogP contribution in [0, 0.1) is 6.92 Å². The highest BCUT2D eigenvalue weighted by atomic mass is 32.2. The van der Waals surface area contributed by atoms with Gasteiger partial charge < -0.3 is 5.73 Å². The first-order valence-electron chi connectivity index (χ1n) is 6.04. The molecule has 0 atom stereocenters. The Morgan fingerprint density at radius 1 is 1.28 bits per heavy atom. The summed E-state index contributed by atoms with van der Waals surface area (Å²) in [6, 6.07) is 8.63. The second-order valence-electron chi connectivity index (χ2n) is 4.30. The first-order valence-corrected chi connectivity index (χ1v) is 7.26. The van der Waals surface area contributed by atoms with Gasteiger partial charge >= 0.3 is 0 Å². The number of aromatic nitrogens is 2. The molecule has 1 heterocycles. The summed E-state index contributed by atoms with van der Waals surface area (Å²) < 4.78 is 1.93. The third-order valence-electron chi connectivity index (χ3n) is 3.17. The van der Waals surface area contributed by atoms with Crippen molar-refractivity contribution in [2.45, 2.75) is 18.2 Å². The van der Waals surface area contributed by atoms with Crippen LogP contribution in [0.3, 0.4) is 0 Å². The highest BCUT2D eigenvalue weighted by molar-refractivity contribution is 7.98. The van der Waals surface area contributed by atoms with Crippen molar-refractivity contribution in [1.82, 2.24) is 9.78 Å². The molecule has 4 heteroatoms. The fourth-order valence-corrected chi connectivity index (χ4v) is 2.53. The van der Waals surface area contributed by atoms with E-state index in [4.69, 9.17) is 5.73 Å². The van der Waals surface area contributed by atoms with Gasteiger partial charge in [-0.2, -0.15) is 5.10 Å². The van der Waals surface area contributed by atoms with Crippen molar-refractivity contribution < 1.29 is 0 Å². The lowest BCUT2D eigenvalue weighted by molar-refractivity contribution is 0.718. The average molecular weight is 261 g/mol. The van der Waals surface area contributed by atoms with Crippen LogP contribution in [0.4, 0.5) is 0 Å². The molecule has 0 spiro atoms. The van der Waals surface area contributed by atoms with Crippen LogP contribution in [0.1, 0.15) is 11.4 Å². The maximum absolute atomic E-state index is 5.66. The predicted octanol–water partition coefficient (Wildman–Crippen LogP) is 2.62. The number of rotatable bonds is 4. The lowest BCUT2D eigenvalue weighted by atomic mass is 10.0. The highest BCUT2D eigenvalue weighted by Crippen LogP contribution is 2.28. The summed E-state index contributed by atoms with van der Waals surface area (Å²) in [6.07, 6.45) is 2.91. The van der Waals surface area contributed by atoms with E-state index in [1.165, 1.54) is 21.7 Å². The van der Waals surface area contributed by atoms with Crippen molar-refractivity contribution in [2.75, 3.05) is 12.8 Å². The van der Waals surface area contributed by atoms with Gasteiger partial charge in [0, 0.05) is 29.6 Å². The van der Waals surface area contributed by atoms with Gasteiger partial charge in [-0.05, 0) is 37.4 Å². The molecule has 0 amide bonds. The minimum atomic E-state index is 0.631. The van der Waals surface area contributed by atoms with E-state index in [0.29, 0.717) is 6.54 Å².